The molecule has 0 aliphatic carbocycles. The number of aliphatic imine (C=N–C) groups is 1. The van der Waals surface area contributed by atoms with Crippen LogP contribution in [0.2, 0.25) is 10.0 Å². The van der Waals surface area contributed by atoms with Crippen LogP contribution in [0, 0.1) is 0 Å². The van der Waals surface area contributed by atoms with E-state index in [0.29, 0.717) is 16.6 Å². The molecule has 2 rings (SSSR count). The maximum Gasteiger partial charge on any atom is 0.0605 e. The highest BCUT2D eigenvalue weighted by atomic mass is 35.5. The van der Waals surface area contributed by atoms with Crippen molar-refractivity contribution < 1.29 is 0 Å². The molecule has 1 atom stereocenters. The highest BCUT2D eigenvalue weighted by Crippen LogP contribution is 2.21. The van der Waals surface area contributed by atoms with Crippen molar-refractivity contribution in [1.29, 1.82) is 0 Å². The molecule has 1 aliphatic rings. The second kappa shape index (κ2) is 5.21. The zero-order valence-corrected chi connectivity index (χ0v) is 11.1. The molecule has 1 N–H and O–H groups in total. The second-order valence-electron chi connectivity index (χ2n) is 4.36. The van der Waals surface area contributed by atoms with E-state index in [1.54, 1.807) is 6.07 Å². The number of allylic oxidation sites excluding steroid dienone is 1. The van der Waals surface area contributed by atoms with Crippen LogP contribution in [-0.2, 0) is 6.54 Å². The molecule has 1 aliphatic heterocycles. The van der Waals surface area contributed by atoms with Crippen molar-refractivity contribution in [3.63, 3.8) is 0 Å². The number of benzene rings is 1. The Kier molecular flexibility index (Phi) is 3.87. The minimum absolute atomic E-state index is 0.0995. The van der Waals surface area contributed by atoms with E-state index < -0.39 is 0 Å². The molecule has 0 spiro atoms. The molecule has 90 valence electrons. The average molecular weight is 269 g/mol. The third-order valence-electron chi connectivity index (χ3n) is 2.77. The minimum atomic E-state index is -0.0995. The smallest absolute Gasteiger partial charge is 0.0605 e. The van der Waals surface area contributed by atoms with E-state index in [9.17, 15) is 0 Å². The fraction of sp³-hybridized carbons (Fsp3) is 0.308. The molecule has 0 amide bonds. The highest BCUT2D eigenvalue weighted by Gasteiger charge is 2.20. The molecule has 1 aromatic carbocycles. The van der Waals surface area contributed by atoms with E-state index in [1.807, 2.05) is 24.4 Å². The molecule has 1 heterocycles. The lowest BCUT2D eigenvalue weighted by Gasteiger charge is -2.27. The maximum absolute atomic E-state index is 6.12. The van der Waals surface area contributed by atoms with Crippen molar-refractivity contribution in [3.05, 3.63) is 46.0 Å². The molecule has 1 unspecified atom stereocenters. The van der Waals surface area contributed by atoms with Gasteiger partial charge in [0.05, 0.1) is 12.1 Å². The van der Waals surface area contributed by atoms with Gasteiger partial charge in [-0.3, -0.25) is 4.99 Å². The Hall–Kier alpha value is -0.830. The molecule has 17 heavy (non-hydrogen) atoms. The standard InChI is InChI=1S/C13H14Cl2N2/c1-13(5-2-6-16-9-13)17-8-10-3-4-11(14)7-12(10)15/h2-7,17H,8-9H2,1H3. The summed E-state index contributed by atoms with van der Waals surface area (Å²) in [6.45, 7) is 3.56. The number of nitrogens with zero attached hydrogens (tertiary/aromatic N) is 1. The van der Waals surface area contributed by atoms with Gasteiger partial charge in [-0.2, -0.15) is 0 Å². The molecule has 4 heteroatoms. The van der Waals surface area contributed by atoms with Gasteiger partial charge < -0.3 is 5.32 Å². The first-order valence-corrected chi connectivity index (χ1v) is 6.21. The first-order chi connectivity index (χ1) is 8.09. The summed E-state index contributed by atoms with van der Waals surface area (Å²) in [5.74, 6) is 0. The Bertz CT molecular complexity index is 468. The van der Waals surface area contributed by atoms with Gasteiger partial charge >= 0.3 is 0 Å². The number of hydrogen-bond acceptors (Lipinski definition) is 2. The van der Waals surface area contributed by atoms with Gasteiger partial charge in [0.2, 0.25) is 0 Å². The van der Waals surface area contributed by atoms with E-state index >= 15 is 0 Å². The van der Waals surface area contributed by atoms with Crippen LogP contribution in [0.4, 0.5) is 0 Å². The van der Waals surface area contributed by atoms with Crippen LogP contribution < -0.4 is 5.32 Å². The Labute approximate surface area is 111 Å². The lowest BCUT2D eigenvalue weighted by Crippen LogP contribution is -2.43. The zero-order valence-electron chi connectivity index (χ0n) is 9.58. The Morgan fingerprint density at radius 1 is 1.41 bits per heavy atom. The van der Waals surface area contributed by atoms with Crippen LogP contribution in [0.3, 0.4) is 0 Å². The van der Waals surface area contributed by atoms with Gasteiger partial charge in [-0.1, -0.05) is 35.3 Å². The van der Waals surface area contributed by atoms with Gasteiger partial charge in [-0.25, -0.2) is 0 Å². The maximum atomic E-state index is 6.12. The molecule has 0 bridgehead atoms. The van der Waals surface area contributed by atoms with E-state index in [1.165, 1.54) is 0 Å². The molecule has 0 saturated carbocycles. The van der Waals surface area contributed by atoms with Crippen LogP contribution in [-0.4, -0.2) is 18.3 Å². The van der Waals surface area contributed by atoms with Crippen molar-refractivity contribution in [2.24, 2.45) is 4.99 Å². The lowest BCUT2D eigenvalue weighted by molar-refractivity contribution is 0.443. The minimum Gasteiger partial charge on any atom is -0.302 e. The Balaban J connectivity index is 2.02. The number of nitrogens with one attached hydrogen (secondary N) is 1. The van der Waals surface area contributed by atoms with Gasteiger partial charge in [0, 0.05) is 22.8 Å². The third-order valence-corrected chi connectivity index (χ3v) is 3.36. The van der Waals surface area contributed by atoms with Gasteiger partial charge in [-0.15, -0.1) is 0 Å². The summed E-state index contributed by atoms with van der Waals surface area (Å²) in [4.78, 5) is 4.25. The van der Waals surface area contributed by atoms with Gasteiger partial charge in [0.1, 0.15) is 0 Å². The molecule has 1 aromatic rings. The lowest BCUT2D eigenvalue weighted by atomic mass is 10.00. The summed E-state index contributed by atoms with van der Waals surface area (Å²) in [7, 11) is 0. The predicted molar refractivity (Wildman–Crippen MR) is 74.2 cm³/mol. The average Bonchev–Trinajstić information content (AvgIpc) is 2.29. The predicted octanol–water partition coefficient (Wildman–Crippen LogP) is 3.48. The van der Waals surface area contributed by atoms with Crippen LogP contribution in [0.1, 0.15) is 12.5 Å². The molecule has 0 fully saturated rings. The topological polar surface area (TPSA) is 24.4 Å². The van der Waals surface area contributed by atoms with Crippen molar-refractivity contribution in [2.45, 2.75) is 19.0 Å². The highest BCUT2D eigenvalue weighted by molar-refractivity contribution is 6.35. The SMILES string of the molecule is CC1(NCc2ccc(Cl)cc2Cl)C=CC=NC1. The van der Waals surface area contributed by atoms with Crippen LogP contribution >= 0.6 is 23.2 Å². The van der Waals surface area contributed by atoms with E-state index in [2.05, 4.69) is 23.3 Å². The largest absolute Gasteiger partial charge is 0.302 e. The number of hydrogen-bond donors (Lipinski definition) is 1. The second-order valence-corrected chi connectivity index (χ2v) is 5.20. The molecular weight excluding hydrogens is 255 g/mol. The quantitative estimate of drug-likeness (QED) is 0.892. The van der Waals surface area contributed by atoms with Gasteiger partial charge in [0.25, 0.3) is 0 Å². The third kappa shape index (κ3) is 3.32. The van der Waals surface area contributed by atoms with E-state index in [-0.39, 0.29) is 5.54 Å². The van der Waals surface area contributed by atoms with Crippen LogP contribution in [0.5, 0.6) is 0 Å². The molecule has 2 nitrogen and oxygen atoms in total. The van der Waals surface area contributed by atoms with Crippen LogP contribution in [0.25, 0.3) is 0 Å². The number of rotatable bonds is 3. The summed E-state index contributed by atoms with van der Waals surface area (Å²) in [6.07, 6.45) is 5.89. The van der Waals surface area contributed by atoms with Gasteiger partial charge in [-0.05, 0) is 30.7 Å². The van der Waals surface area contributed by atoms with Crippen molar-refractivity contribution in [1.82, 2.24) is 5.32 Å². The first kappa shape index (κ1) is 12.6. The van der Waals surface area contributed by atoms with Gasteiger partial charge in [0.15, 0.2) is 0 Å². The molecule has 0 aromatic heterocycles. The fourth-order valence-electron chi connectivity index (χ4n) is 1.69. The zero-order chi connectivity index (χ0) is 12.3. The fourth-order valence-corrected chi connectivity index (χ4v) is 2.16. The molecule has 0 radical (unpaired) electrons. The van der Waals surface area contributed by atoms with Crippen LogP contribution in [0.15, 0.2) is 35.3 Å². The summed E-state index contributed by atoms with van der Waals surface area (Å²) in [5, 5.41) is 4.80. The normalized spacial score (nSPS) is 23.0. The Morgan fingerprint density at radius 3 is 2.88 bits per heavy atom. The number of halogens is 2. The van der Waals surface area contributed by atoms with Crippen molar-refractivity contribution in [3.8, 4) is 0 Å². The van der Waals surface area contributed by atoms with E-state index in [0.717, 1.165) is 12.1 Å². The van der Waals surface area contributed by atoms with Crippen molar-refractivity contribution in [2.75, 3.05) is 6.54 Å². The molecular formula is C13H14Cl2N2. The monoisotopic (exact) mass is 268 g/mol. The summed E-state index contributed by atoms with van der Waals surface area (Å²) >= 11 is 12.0. The van der Waals surface area contributed by atoms with E-state index in [4.69, 9.17) is 23.2 Å². The summed E-state index contributed by atoms with van der Waals surface area (Å²) in [6, 6.07) is 5.55. The molecule has 0 saturated heterocycles. The number of dihydropyridines is 1. The Morgan fingerprint density at radius 2 is 2.24 bits per heavy atom. The van der Waals surface area contributed by atoms with Crippen molar-refractivity contribution >= 4 is 29.4 Å². The summed E-state index contributed by atoms with van der Waals surface area (Å²) < 4.78 is 0. The first-order valence-electron chi connectivity index (χ1n) is 5.46. The summed E-state index contributed by atoms with van der Waals surface area (Å²) in [5.41, 5.74) is 0.942.